The van der Waals surface area contributed by atoms with Crippen LogP contribution in [0.15, 0.2) is 122 Å². The first-order chi connectivity index (χ1) is 36.0. The van der Waals surface area contributed by atoms with Crippen LogP contribution < -0.4 is 4.89 Å². The Bertz CT molecular complexity index is 1660. The normalized spacial score (nSPS) is 14.2. The fourth-order valence-electron chi connectivity index (χ4n) is 7.53. The van der Waals surface area contributed by atoms with Gasteiger partial charge < -0.3 is 27.9 Å². The van der Waals surface area contributed by atoms with Crippen LogP contribution in [0.3, 0.4) is 0 Å². The van der Waals surface area contributed by atoms with Gasteiger partial charge in [-0.3, -0.25) is 14.2 Å². The fraction of sp³-hybridized carbons (Fsp3) is 0.656. The van der Waals surface area contributed by atoms with E-state index in [9.17, 15) is 19.0 Å². The van der Waals surface area contributed by atoms with Crippen molar-refractivity contribution in [3.8, 4) is 0 Å². The van der Waals surface area contributed by atoms with Crippen LogP contribution in [0.2, 0.25) is 0 Å². The van der Waals surface area contributed by atoms with Crippen LogP contribution in [0.5, 0.6) is 0 Å². The van der Waals surface area contributed by atoms with E-state index in [1.165, 1.54) is 57.8 Å². The summed E-state index contributed by atoms with van der Waals surface area (Å²) >= 11 is 0. The molecule has 74 heavy (non-hydrogen) atoms. The zero-order valence-corrected chi connectivity index (χ0v) is 48.6. The zero-order valence-electron chi connectivity index (χ0n) is 47.7. The fourth-order valence-corrected chi connectivity index (χ4v) is 8.26. The minimum absolute atomic E-state index is 0.0408. The number of carbonyl (C=O) groups is 2. The van der Waals surface area contributed by atoms with Gasteiger partial charge in [0, 0.05) is 12.8 Å². The van der Waals surface area contributed by atoms with Gasteiger partial charge in [0.15, 0.2) is 6.10 Å². The third kappa shape index (κ3) is 57.7. The summed E-state index contributed by atoms with van der Waals surface area (Å²) in [4.78, 5) is 37.9. The Kier molecular flexibility index (Phi) is 51.6. The third-order valence-corrected chi connectivity index (χ3v) is 12.9. The standard InChI is InChI=1S/C64H108NO8P/c1-6-8-10-12-14-16-18-20-22-24-26-28-30-32-34-36-38-40-42-44-46-48-50-52-54-56-63(66)70-60-62(61-72-74(68,69)71-59-58-65(3,4)5)73-64(67)57-55-53-51-49-47-45-43-41-39-37-35-33-31-29-27-25-23-21-19-17-15-13-11-9-7-2/h8-11,14-17,20-23,26-29,33,35,39,41,62H,6-7,12-13,18-19,24-25,30-32,34,36-38,40,42-61H2,1-5H3/b10-8-,11-9-,16-14-,17-15-,22-20-,23-21-,28-26-,29-27-,35-33-,41-39-. The molecule has 0 heterocycles. The molecule has 0 spiro atoms. The molecule has 0 rings (SSSR count). The largest absolute Gasteiger partial charge is 0.756 e. The second-order valence-corrected chi connectivity index (χ2v) is 21.7. The lowest BCUT2D eigenvalue weighted by Crippen LogP contribution is -2.37. The summed E-state index contributed by atoms with van der Waals surface area (Å²) in [6.07, 6.45) is 76.6. The quantitative estimate of drug-likeness (QED) is 0.0195. The van der Waals surface area contributed by atoms with Crippen molar-refractivity contribution in [2.45, 2.75) is 225 Å². The molecule has 422 valence electrons. The van der Waals surface area contributed by atoms with Crippen molar-refractivity contribution in [2.75, 3.05) is 47.5 Å². The monoisotopic (exact) mass is 1050 g/mol. The van der Waals surface area contributed by atoms with Crippen molar-refractivity contribution < 1.29 is 42.1 Å². The van der Waals surface area contributed by atoms with E-state index in [2.05, 4.69) is 135 Å². The molecule has 0 aromatic carbocycles. The molecule has 0 amide bonds. The number of rotatable bonds is 52. The van der Waals surface area contributed by atoms with E-state index >= 15 is 0 Å². The smallest absolute Gasteiger partial charge is 0.306 e. The first-order valence-corrected chi connectivity index (χ1v) is 30.7. The second kappa shape index (κ2) is 54.2. The molecule has 0 aliphatic heterocycles. The molecule has 2 atom stereocenters. The van der Waals surface area contributed by atoms with Gasteiger partial charge in [0.25, 0.3) is 7.82 Å². The number of unbranched alkanes of at least 4 members (excludes halogenated alkanes) is 18. The van der Waals surface area contributed by atoms with Crippen molar-refractivity contribution in [2.24, 2.45) is 0 Å². The Balaban J connectivity index is 4.23. The highest BCUT2D eigenvalue weighted by molar-refractivity contribution is 7.45. The van der Waals surface area contributed by atoms with E-state index in [1.54, 1.807) is 0 Å². The van der Waals surface area contributed by atoms with Crippen molar-refractivity contribution in [3.63, 3.8) is 0 Å². The van der Waals surface area contributed by atoms with Gasteiger partial charge in [-0.2, -0.15) is 0 Å². The maximum atomic E-state index is 12.8. The number of hydrogen-bond donors (Lipinski definition) is 0. The number of carbonyl (C=O) groups excluding carboxylic acids is 2. The van der Waals surface area contributed by atoms with Crippen molar-refractivity contribution in [1.29, 1.82) is 0 Å². The van der Waals surface area contributed by atoms with Crippen molar-refractivity contribution in [1.82, 2.24) is 0 Å². The number of phosphoric acid groups is 1. The zero-order chi connectivity index (χ0) is 54.2. The van der Waals surface area contributed by atoms with Gasteiger partial charge in [0.1, 0.15) is 19.8 Å². The predicted octanol–water partition coefficient (Wildman–Crippen LogP) is 17.7. The van der Waals surface area contributed by atoms with Crippen LogP contribution in [-0.2, 0) is 32.7 Å². The number of allylic oxidation sites excluding steroid dienone is 20. The summed E-state index contributed by atoms with van der Waals surface area (Å²) in [5.41, 5.74) is 0. The third-order valence-electron chi connectivity index (χ3n) is 12.0. The van der Waals surface area contributed by atoms with Gasteiger partial charge in [0.05, 0.1) is 27.7 Å². The molecule has 0 bridgehead atoms. The molecule has 9 nitrogen and oxygen atoms in total. The van der Waals surface area contributed by atoms with Gasteiger partial charge in [-0.15, -0.1) is 0 Å². The Morgan fingerprint density at radius 3 is 1.08 bits per heavy atom. The lowest BCUT2D eigenvalue weighted by atomic mass is 10.0. The van der Waals surface area contributed by atoms with E-state index in [4.69, 9.17) is 18.5 Å². The number of phosphoric ester groups is 1. The average Bonchev–Trinajstić information content (AvgIpc) is 3.36. The summed E-state index contributed by atoms with van der Waals surface area (Å²) in [6, 6.07) is 0. The van der Waals surface area contributed by atoms with E-state index in [0.717, 1.165) is 128 Å². The number of nitrogens with zero attached hydrogens (tertiary/aromatic N) is 1. The lowest BCUT2D eigenvalue weighted by molar-refractivity contribution is -0.870. The highest BCUT2D eigenvalue weighted by Crippen LogP contribution is 2.38. The number of likely N-dealkylation sites (N-methyl/N-ethyl adjacent to an activating group) is 1. The summed E-state index contributed by atoms with van der Waals surface area (Å²) in [7, 11) is 1.14. The minimum Gasteiger partial charge on any atom is -0.756 e. The van der Waals surface area contributed by atoms with Crippen LogP contribution in [0.25, 0.3) is 0 Å². The summed E-state index contributed by atoms with van der Waals surface area (Å²) in [5.74, 6) is -0.859. The van der Waals surface area contributed by atoms with E-state index in [-0.39, 0.29) is 26.1 Å². The molecule has 0 aliphatic carbocycles. The number of esters is 2. The molecular weight excluding hydrogens is 942 g/mol. The average molecular weight is 1050 g/mol. The van der Waals surface area contributed by atoms with Crippen molar-refractivity contribution >= 4 is 19.8 Å². The lowest BCUT2D eigenvalue weighted by Gasteiger charge is -2.28. The van der Waals surface area contributed by atoms with E-state index in [1.807, 2.05) is 21.1 Å². The van der Waals surface area contributed by atoms with E-state index in [0.29, 0.717) is 17.4 Å². The molecule has 2 unspecified atom stereocenters. The number of quaternary nitrogens is 1. The summed E-state index contributed by atoms with van der Waals surface area (Å²) in [6.45, 7) is 3.98. The Morgan fingerprint density at radius 2 is 0.730 bits per heavy atom. The maximum absolute atomic E-state index is 12.8. The van der Waals surface area contributed by atoms with Gasteiger partial charge in [-0.05, 0) is 103 Å². The molecule has 0 N–H and O–H groups in total. The summed E-state index contributed by atoms with van der Waals surface area (Å²) in [5, 5.41) is 0. The molecule has 0 aromatic heterocycles. The highest BCUT2D eigenvalue weighted by atomic mass is 31.2. The van der Waals surface area contributed by atoms with Crippen LogP contribution in [0, 0.1) is 0 Å². The van der Waals surface area contributed by atoms with Gasteiger partial charge in [-0.1, -0.05) is 225 Å². The molecule has 0 saturated heterocycles. The Hall–Kier alpha value is -3.59. The number of hydrogen-bond acceptors (Lipinski definition) is 8. The number of ether oxygens (including phenoxy) is 2. The molecule has 0 aliphatic rings. The Labute approximate surface area is 454 Å². The minimum atomic E-state index is -4.65. The van der Waals surface area contributed by atoms with Crippen LogP contribution in [0.4, 0.5) is 0 Å². The van der Waals surface area contributed by atoms with E-state index < -0.39 is 32.5 Å². The molecule has 0 radical (unpaired) electrons. The van der Waals surface area contributed by atoms with Crippen LogP contribution in [-0.4, -0.2) is 70.0 Å². The molecular formula is C64H108NO8P. The molecule has 0 saturated carbocycles. The van der Waals surface area contributed by atoms with Gasteiger partial charge in [0.2, 0.25) is 0 Å². The molecule has 10 heteroatoms. The maximum Gasteiger partial charge on any atom is 0.306 e. The molecule has 0 fully saturated rings. The van der Waals surface area contributed by atoms with Crippen LogP contribution in [0.1, 0.15) is 219 Å². The molecule has 0 aromatic rings. The predicted molar refractivity (Wildman–Crippen MR) is 314 cm³/mol. The summed E-state index contributed by atoms with van der Waals surface area (Å²) < 4.78 is 34.2. The SMILES string of the molecule is CC/C=C\C/C=C\C/C=C\C/C=C\C/C=C\C/C=C\CCCCCCCCC(=O)OC(COC(=O)CCCCCCCCCCCCCC/C=C\C/C=C\C/C=C\C/C=C\CC)COP(=O)([O-])OCC[N+](C)(C)C. The highest BCUT2D eigenvalue weighted by Gasteiger charge is 2.21. The van der Waals surface area contributed by atoms with Gasteiger partial charge in [-0.25, -0.2) is 0 Å². The topological polar surface area (TPSA) is 111 Å². The van der Waals surface area contributed by atoms with Crippen LogP contribution >= 0.6 is 7.82 Å². The first-order valence-electron chi connectivity index (χ1n) is 29.2. The first kappa shape index (κ1) is 70.4. The second-order valence-electron chi connectivity index (χ2n) is 20.2. The Morgan fingerprint density at radius 1 is 0.419 bits per heavy atom. The van der Waals surface area contributed by atoms with Crippen molar-refractivity contribution in [3.05, 3.63) is 122 Å². The van der Waals surface area contributed by atoms with Gasteiger partial charge >= 0.3 is 11.9 Å².